The van der Waals surface area contributed by atoms with Crippen molar-refractivity contribution in [3.8, 4) is 0 Å². The van der Waals surface area contributed by atoms with Gasteiger partial charge in [-0.1, -0.05) is 26.3 Å². The summed E-state index contributed by atoms with van der Waals surface area (Å²) < 4.78 is 0. The minimum absolute atomic E-state index is 0.571. The van der Waals surface area contributed by atoms with E-state index in [-0.39, 0.29) is 0 Å². The molecule has 1 atom stereocenters. The van der Waals surface area contributed by atoms with E-state index in [9.17, 15) is 0 Å². The number of nitrogen functional groups attached to an aromatic ring is 1. The lowest BCUT2D eigenvalue weighted by atomic mass is 10.1. The van der Waals surface area contributed by atoms with Crippen LogP contribution >= 0.6 is 0 Å². The van der Waals surface area contributed by atoms with Gasteiger partial charge in [0.25, 0.3) is 0 Å². The summed E-state index contributed by atoms with van der Waals surface area (Å²) in [5, 5.41) is 0. The first-order valence-electron chi connectivity index (χ1n) is 6.73. The normalized spacial score (nSPS) is 12.5. The van der Waals surface area contributed by atoms with E-state index < -0.39 is 0 Å². The molecule has 0 spiro atoms. The van der Waals surface area contributed by atoms with E-state index in [1.165, 1.54) is 24.1 Å². The van der Waals surface area contributed by atoms with E-state index in [0.717, 1.165) is 18.7 Å². The smallest absolute Gasteiger partial charge is 0.0419 e. The fraction of sp³-hybridized carbons (Fsp3) is 0.600. The second-order valence-corrected chi connectivity index (χ2v) is 4.80. The van der Waals surface area contributed by atoms with Crippen LogP contribution in [-0.2, 0) is 0 Å². The minimum atomic E-state index is 0.571. The van der Waals surface area contributed by atoms with Gasteiger partial charge in [0.05, 0.1) is 0 Å². The Hall–Kier alpha value is -1.18. The molecular formula is C15H26N2. The molecule has 0 heterocycles. The Morgan fingerprint density at radius 2 is 2.00 bits per heavy atom. The number of nitrogens with two attached hydrogens (primary N) is 1. The monoisotopic (exact) mass is 234 g/mol. The molecule has 0 aromatic heterocycles. The van der Waals surface area contributed by atoms with Crippen molar-refractivity contribution in [3.63, 3.8) is 0 Å². The molecule has 0 aliphatic rings. The SMILES string of the molecule is CCCCN(c1cccc(N)c1C)C(C)CC. The molecule has 96 valence electrons. The molecule has 2 N–H and O–H groups in total. The van der Waals surface area contributed by atoms with Crippen LogP contribution in [0.5, 0.6) is 0 Å². The van der Waals surface area contributed by atoms with E-state index in [0.29, 0.717) is 6.04 Å². The largest absolute Gasteiger partial charge is 0.398 e. The Labute approximate surface area is 106 Å². The second kappa shape index (κ2) is 6.53. The van der Waals surface area contributed by atoms with E-state index in [2.05, 4.69) is 44.7 Å². The lowest BCUT2D eigenvalue weighted by molar-refractivity contribution is 0.595. The molecule has 0 saturated heterocycles. The maximum Gasteiger partial charge on any atom is 0.0419 e. The van der Waals surface area contributed by atoms with Crippen LogP contribution in [0.1, 0.15) is 45.6 Å². The molecule has 0 aliphatic carbocycles. The van der Waals surface area contributed by atoms with Gasteiger partial charge in [0, 0.05) is 24.0 Å². The molecule has 0 amide bonds. The number of hydrogen-bond acceptors (Lipinski definition) is 2. The van der Waals surface area contributed by atoms with Crippen LogP contribution in [0.25, 0.3) is 0 Å². The van der Waals surface area contributed by atoms with Crippen molar-refractivity contribution in [3.05, 3.63) is 23.8 Å². The lowest BCUT2D eigenvalue weighted by Crippen LogP contribution is -2.34. The third-order valence-corrected chi connectivity index (χ3v) is 3.53. The zero-order valence-corrected chi connectivity index (χ0v) is 11.7. The molecule has 17 heavy (non-hydrogen) atoms. The first kappa shape index (κ1) is 13.9. The van der Waals surface area contributed by atoms with Gasteiger partial charge in [-0.05, 0) is 44.4 Å². The van der Waals surface area contributed by atoms with Crippen molar-refractivity contribution in [1.29, 1.82) is 0 Å². The van der Waals surface area contributed by atoms with Gasteiger partial charge >= 0.3 is 0 Å². The summed E-state index contributed by atoms with van der Waals surface area (Å²) in [4.78, 5) is 2.50. The molecule has 2 nitrogen and oxygen atoms in total. The number of hydrogen-bond donors (Lipinski definition) is 1. The van der Waals surface area contributed by atoms with Gasteiger partial charge in [-0.25, -0.2) is 0 Å². The predicted octanol–water partition coefficient (Wildman–Crippen LogP) is 3.98. The third kappa shape index (κ3) is 3.39. The van der Waals surface area contributed by atoms with Gasteiger partial charge in [-0.15, -0.1) is 0 Å². The second-order valence-electron chi connectivity index (χ2n) is 4.80. The van der Waals surface area contributed by atoms with Crippen LogP contribution in [-0.4, -0.2) is 12.6 Å². The maximum atomic E-state index is 6.00. The maximum absolute atomic E-state index is 6.00. The first-order chi connectivity index (χ1) is 8.11. The molecule has 1 aromatic rings. The predicted molar refractivity (Wildman–Crippen MR) is 77.6 cm³/mol. The fourth-order valence-electron chi connectivity index (χ4n) is 2.08. The number of rotatable bonds is 6. The quantitative estimate of drug-likeness (QED) is 0.754. The Morgan fingerprint density at radius 1 is 1.29 bits per heavy atom. The Bertz CT molecular complexity index is 347. The number of anilines is 2. The zero-order valence-electron chi connectivity index (χ0n) is 11.7. The van der Waals surface area contributed by atoms with Gasteiger partial charge in [0.1, 0.15) is 0 Å². The fourth-order valence-corrected chi connectivity index (χ4v) is 2.08. The summed E-state index contributed by atoms with van der Waals surface area (Å²) in [6.07, 6.45) is 3.63. The third-order valence-electron chi connectivity index (χ3n) is 3.53. The van der Waals surface area contributed by atoms with Gasteiger partial charge in [-0.2, -0.15) is 0 Å². The highest BCUT2D eigenvalue weighted by Gasteiger charge is 2.15. The van der Waals surface area contributed by atoms with Crippen LogP contribution < -0.4 is 10.6 Å². The molecule has 0 aliphatic heterocycles. The highest BCUT2D eigenvalue weighted by molar-refractivity contribution is 5.64. The van der Waals surface area contributed by atoms with Gasteiger partial charge < -0.3 is 10.6 Å². The van der Waals surface area contributed by atoms with Crippen molar-refractivity contribution < 1.29 is 0 Å². The standard InChI is InChI=1S/C15H26N2/c1-5-7-11-17(12(3)6-2)15-10-8-9-14(16)13(15)4/h8-10,12H,5-7,11,16H2,1-4H3. The molecule has 1 unspecified atom stereocenters. The van der Waals surface area contributed by atoms with E-state index in [1.807, 2.05) is 6.07 Å². The van der Waals surface area contributed by atoms with Crippen molar-refractivity contribution >= 4 is 11.4 Å². The topological polar surface area (TPSA) is 29.3 Å². The average molecular weight is 234 g/mol. The average Bonchev–Trinajstić information content (AvgIpc) is 2.34. The van der Waals surface area contributed by atoms with Crippen molar-refractivity contribution in [2.24, 2.45) is 0 Å². The lowest BCUT2D eigenvalue weighted by Gasteiger charge is -2.32. The first-order valence-corrected chi connectivity index (χ1v) is 6.73. The molecule has 1 aromatic carbocycles. The summed E-state index contributed by atoms with van der Waals surface area (Å²) in [6, 6.07) is 6.79. The van der Waals surface area contributed by atoms with Crippen LogP contribution in [0.2, 0.25) is 0 Å². The molecule has 2 heteroatoms. The summed E-state index contributed by atoms with van der Waals surface area (Å²) in [7, 11) is 0. The Kier molecular flexibility index (Phi) is 5.33. The Morgan fingerprint density at radius 3 is 2.59 bits per heavy atom. The van der Waals surface area contributed by atoms with Crippen LogP contribution in [0.4, 0.5) is 11.4 Å². The number of benzene rings is 1. The molecule has 0 bridgehead atoms. The van der Waals surface area contributed by atoms with Crippen molar-refractivity contribution in [1.82, 2.24) is 0 Å². The molecule has 0 saturated carbocycles. The van der Waals surface area contributed by atoms with Crippen molar-refractivity contribution in [2.75, 3.05) is 17.2 Å². The summed E-state index contributed by atoms with van der Waals surface area (Å²) in [5.74, 6) is 0. The minimum Gasteiger partial charge on any atom is -0.398 e. The van der Waals surface area contributed by atoms with E-state index in [4.69, 9.17) is 5.73 Å². The molecular weight excluding hydrogens is 208 g/mol. The summed E-state index contributed by atoms with van der Waals surface area (Å²) >= 11 is 0. The zero-order chi connectivity index (χ0) is 12.8. The summed E-state index contributed by atoms with van der Waals surface area (Å²) in [5.41, 5.74) is 9.41. The van der Waals surface area contributed by atoms with Crippen LogP contribution in [0.15, 0.2) is 18.2 Å². The molecule has 0 fully saturated rings. The highest BCUT2D eigenvalue weighted by Crippen LogP contribution is 2.27. The van der Waals surface area contributed by atoms with Gasteiger partial charge in [0.15, 0.2) is 0 Å². The van der Waals surface area contributed by atoms with Gasteiger partial charge in [-0.3, -0.25) is 0 Å². The van der Waals surface area contributed by atoms with Gasteiger partial charge in [0.2, 0.25) is 0 Å². The van der Waals surface area contributed by atoms with E-state index >= 15 is 0 Å². The Balaban J connectivity index is 2.99. The molecule has 0 radical (unpaired) electrons. The number of unbranched alkanes of at least 4 members (excludes halogenated alkanes) is 1. The van der Waals surface area contributed by atoms with E-state index in [1.54, 1.807) is 0 Å². The molecule has 1 rings (SSSR count). The summed E-state index contributed by atoms with van der Waals surface area (Å²) in [6.45, 7) is 10.0. The number of nitrogens with zero attached hydrogens (tertiary/aromatic N) is 1. The highest BCUT2D eigenvalue weighted by atomic mass is 15.2. The van der Waals surface area contributed by atoms with Crippen molar-refractivity contribution in [2.45, 2.75) is 53.0 Å². The van der Waals surface area contributed by atoms with Crippen LogP contribution in [0, 0.1) is 6.92 Å². The van der Waals surface area contributed by atoms with Crippen LogP contribution in [0.3, 0.4) is 0 Å².